The second kappa shape index (κ2) is 5.67. The van der Waals surface area contributed by atoms with Crippen LogP contribution in [-0.2, 0) is 14.4 Å². The highest BCUT2D eigenvalue weighted by atomic mass is 35.5. The Labute approximate surface area is 93.4 Å². The quantitative estimate of drug-likeness (QED) is 0.517. The van der Waals surface area contributed by atoms with E-state index in [0.717, 1.165) is 0 Å². The van der Waals surface area contributed by atoms with Crippen LogP contribution in [0.1, 0.15) is 19.8 Å². The molecule has 2 atom stereocenters. The molecular formula is C8H14ClN3O3. The standard InChI is InChI=1S/C8H13N3O3.ClH/c1-4(9)7(13)10-5-2-3-6(12)11-8(5)14;/h4-5H,2-3,9H2,1H3,(H,10,13)(H,11,12,14);1H. The summed E-state index contributed by atoms with van der Waals surface area (Å²) in [5, 5.41) is 4.60. The maximum atomic E-state index is 11.2. The van der Waals surface area contributed by atoms with Crippen molar-refractivity contribution in [1.29, 1.82) is 0 Å². The fourth-order valence-electron chi connectivity index (χ4n) is 1.13. The average molecular weight is 236 g/mol. The molecular weight excluding hydrogens is 222 g/mol. The molecule has 0 aromatic heterocycles. The van der Waals surface area contributed by atoms with Crippen molar-refractivity contribution in [3.05, 3.63) is 0 Å². The number of carbonyl (C=O) groups is 3. The lowest BCUT2D eigenvalue weighted by atomic mass is 10.1. The van der Waals surface area contributed by atoms with E-state index in [2.05, 4.69) is 10.6 Å². The molecule has 1 saturated heterocycles. The zero-order valence-corrected chi connectivity index (χ0v) is 9.10. The van der Waals surface area contributed by atoms with Crippen molar-refractivity contribution in [3.63, 3.8) is 0 Å². The molecule has 0 aromatic rings. The number of nitrogens with one attached hydrogen (secondary N) is 2. The summed E-state index contributed by atoms with van der Waals surface area (Å²) >= 11 is 0. The van der Waals surface area contributed by atoms with Gasteiger partial charge in [0.25, 0.3) is 0 Å². The molecule has 86 valence electrons. The van der Waals surface area contributed by atoms with Gasteiger partial charge in [0.2, 0.25) is 17.7 Å². The molecule has 1 aliphatic rings. The van der Waals surface area contributed by atoms with Gasteiger partial charge in [-0.05, 0) is 13.3 Å². The van der Waals surface area contributed by atoms with Gasteiger partial charge in [0.05, 0.1) is 6.04 Å². The lowest BCUT2D eigenvalue weighted by molar-refractivity contribution is -0.137. The number of piperidine rings is 1. The topological polar surface area (TPSA) is 101 Å². The molecule has 1 fully saturated rings. The number of nitrogens with two attached hydrogens (primary N) is 1. The van der Waals surface area contributed by atoms with Crippen molar-refractivity contribution in [2.75, 3.05) is 0 Å². The minimum atomic E-state index is -0.652. The third-order valence-corrected chi connectivity index (χ3v) is 1.97. The van der Waals surface area contributed by atoms with Gasteiger partial charge in [0, 0.05) is 6.42 Å². The molecule has 0 aromatic carbocycles. The number of imide groups is 1. The van der Waals surface area contributed by atoms with E-state index in [1.165, 1.54) is 6.92 Å². The lowest BCUT2D eigenvalue weighted by Gasteiger charge is -2.22. The van der Waals surface area contributed by atoms with E-state index in [9.17, 15) is 14.4 Å². The van der Waals surface area contributed by atoms with E-state index in [1.807, 2.05) is 0 Å². The van der Waals surface area contributed by atoms with Crippen LogP contribution in [0.3, 0.4) is 0 Å². The molecule has 7 heteroatoms. The van der Waals surface area contributed by atoms with Gasteiger partial charge in [0.15, 0.2) is 0 Å². The highest BCUT2D eigenvalue weighted by Gasteiger charge is 2.28. The summed E-state index contributed by atoms with van der Waals surface area (Å²) in [6.45, 7) is 1.53. The molecule has 1 aliphatic heterocycles. The van der Waals surface area contributed by atoms with Gasteiger partial charge in [-0.1, -0.05) is 0 Å². The first-order chi connectivity index (χ1) is 6.50. The maximum absolute atomic E-state index is 11.2. The molecule has 1 rings (SSSR count). The zero-order valence-electron chi connectivity index (χ0n) is 8.28. The predicted octanol–water partition coefficient (Wildman–Crippen LogP) is -1.32. The summed E-state index contributed by atoms with van der Waals surface area (Å²) in [7, 11) is 0. The van der Waals surface area contributed by atoms with Crippen LogP contribution in [0.2, 0.25) is 0 Å². The third-order valence-electron chi connectivity index (χ3n) is 1.97. The van der Waals surface area contributed by atoms with Crippen LogP contribution in [0.15, 0.2) is 0 Å². The molecule has 0 radical (unpaired) electrons. The molecule has 1 heterocycles. The van der Waals surface area contributed by atoms with E-state index >= 15 is 0 Å². The van der Waals surface area contributed by atoms with E-state index < -0.39 is 18.0 Å². The summed E-state index contributed by atoms with van der Waals surface area (Å²) in [4.78, 5) is 33.1. The molecule has 4 N–H and O–H groups in total. The van der Waals surface area contributed by atoms with Gasteiger partial charge in [-0.15, -0.1) is 12.4 Å². The molecule has 0 bridgehead atoms. The number of halogens is 1. The molecule has 6 nitrogen and oxygen atoms in total. The lowest BCUT2D eigenvalue weighted by Crippen LogP contribution is -2.54. The van der Waals surface area contributed by atoms with Gasteiger partial charge in [0.1, 0.15) is 6.04 Å². The Morgan fingerprint density at radius 1 is 1.60 bits per heavy atom. The Hall–Kier alpha value is -1.14. The molecule has 2 unspecified atom stereocenters. The second-order valence-corrected chi connectivity index (χ2v) is 3.30. The normalized spacial score (nSPS) is 22.4. The number of carbonyl (C=O) groups excluding carboxylic acids is 3. The third kappa shape index (κ3) is 3.85. The van der Waals surface area contributed by atoms with Crippen LogP contribution in [0.25, 0.3) is 0 Å². The maximum Gasteiger partial charge on any atom is 0.249 e. The fraction of sp³-hybridized carbons (Fsp3) is 0.625. The highest BCUT2D eigenvalue weighted by molar-refractivity contribution is 6.01. The Morgan fingerprint density at radius 2 is 2.20 bits per heavy atom. The first-order valence-corrected chi connectivity index (χ1v) is 4.40. The van der Waals surface area contributed by atoms with Crippen molar-refractivity contribution < 1.29 is 14.4 Å². The minimum absolute atomic E-state index is 0. The summed E-state index contributed by atoms with van der Waals surface area (Å²) in [6, 6.07) is -1.29. The Morgan fingerprint density at radius 3 is 2.67 bits per heavy atom. The summed E-state index contributed by atoms with van der Waals surface area (Å²) in [5.41, 5.74) is 5.32. The van der Waals surface area contributed by atoms with Crippen LogP contribution in [-0.4, -0.2) is 29.8 Å². The summed E-state index contributed by atoms with van der Waals surface area (Å²) in [6.07, 6.45) is 0.582. The van der Waals surface area contributed by atoms with Crippen LogP contribution >= 0.6 is 12.4 Å². The highest BCUT2D eigenvalue weighted by Crippen LogP contribution is 2.03. The van der Waals surface area contributed by atoms with Gasteiger partial charge in [-0.25, -0.2) is 0 Å². The van der Waals surface area contributed by atoms with Crippen molar-refractivity contribution >= 4 is 30.1 Å². The SMILES string of the molecule is CC(N)C(=O)NC1CCC(=O)NC1=O.Cl. The smallest absolute Gasteiger partial charge is 0.249 e. The van der Waals surface area contributed by atoms with E-state index in [0.29, 0.717) is 6.42 Å². The van der Waals surface area contributed by atoms with Crippen LogP contribution in [0, 0.1) is 0 Å². The van der Waals surface area contributed by atoms with Crippen LogP contribution in [0.4, 0.5) is 0 Å². The molecule has 0 saturated carbocycles. The van der Waals surface area contributed by atoms with Crippen molar-refractivity contribution in [2.45, 2.75) is 31.8 Å². The van der Waals surface area contributed by atoms with Gasteiger partial charge >= 0.3 is 0 Å². The first-order valence-electron chi connectivity index (χ1n) is 4.40. The Kier molecular flexibility index (Phi) is 5.24. The summed E-state index contributed by atoms with van der Waals surface area (Å²) in [5.74, 6) is -1.16. The number of rotatable bonds is 2. The van der Waals surface area contributed by atoms with E-state index in [1.54, 1.807) is 0 Å². The van der Waals surface area contributed by atoms with Crippen LogP contribution < -0.4 is 16.4 Å². The monoisotopic (exact) mass is 235 g/mol. The van der Waals surface area contributed by atoms with E-state index in [4.69, 9.17) is 5.73 Å². The zero-order chi connectivity index (χ0) is 10.7. The van der Waals surface area contributed by atoms with Gasteiger partial charge in [-0.3, -0.25) is 19.7 Å². The molecule has 15 heavy (non-hydrogen) atoms. The van der Waals surface area contributed by atoms with Gasteiger partial charge in [-0.2, -0.15) is 0 Å². The fourth-order valence-corrected chi connectivity index (χ4v) is 1.13. The van der Waals surface area contributed by atoms with Crippen LogP contribution in [0.5, 0.6) is 0 Å². The number of hydrogen-bond donors (Lipinski definition) is 3. The molecule has 0 spiro atoms. The van der Waals surface area contributed by atoms with E-state index in [-0.39, 0.29) is 30.6 Å². The van der Waals surface area contributed by atoms with Gasteiger partial charge < -0.3 is 11.1 Å². The Bertz CT molecular complexity index is 280. The Balaban J connectivity index is 0.00000196. The average Bonchev–Trinajstić information content (AvgIpc) is 2.09. The van der Waals surface area contributed by atoms with Crippen molar-refractivity contribution in [3.8, 4) is 0 Å². The first kappa shape index (κ1) is 13.9. The largest absolute Gasteiger partial charge is 0.343 e. The number of amides is 3. The van der Waals surface area contributed by atoms with Crippen molar-refractivity contribution in [1.82, 2.24) is 10.6 Å². The number of hydrogen-bond acceptors (Lipinski definition) is 4. The molecule has 0 aliphatic carbocycles. The predicted molar refractivity (Wildman–Crippen MR) is 55.2 cm³/mol. The summed E-state index contributed by atoms with van der Waals surface area (Å²) < 4.78 is 0. The second-order valence-electron chi connectivity index (χ2n) is 3.30. The minimum Gasteiger partial charge on any atom is -0.343 e. The molecule has 3 amide bonds. The van der Waals surface area contributed by atoms with Crippen molar-refractivity contribution in [2.24, 2.45) is 5.73 Å².